The summed E-state index contributed by atoms with van der Waals surface area (Å²) in [5.41, 5.74) is -0.0646. The molecule has 0 aromatic carbocycles. The second-order valence-electron chi connectivity index (χ2n) is 2.84. The number of ether oxygens (including phenoxy) is 1. The molecule has 1 heterocycles. The molecular weight excluding hydrogens is 399 g/mol. The molecule has 0 atom stereocenters. The van der Waals surface area contributed by atoms with Crippen molar-refractivity contribution in [1.82, 2.24) is 4.98 Å². The van der Waals surface area contributed by atoms with Crippen LogP contribution in [0.2, 0.25) is 0 Å². The summed E-state index contributed by atoms with van der Waals surface area (Å²) in [6.07, 6.45) is -2.79. The molecular formula is C9H7BrF2INO2. The summed E-state index contributed by atoms with van der Waals surface area (Å²) in [7, 11) is 1.24. The molecule has 3 nitrogen and oxygen atoms in total. The molecule has 0 aliphatic carbocycles. The summed E-state index contributed by atoms with van der Waals surface area (Å²) >= 11 is 4.93. The Balaban J connectivity index is 3.09. The molecule has 1 aromatic rings. The van der Waals surface area contributed by atoms with Gasteiger partial charge in [-0.05, 0) is 44.6 Å². The van der Waals surface area contributed by atoms with E-state index in [1.54, 1.807) is 0 Å². The molecule has 0 saturated heterocycles. The minimum Gasteiger partial charge on any atom is -0.469 e. The smallest absolute Gasteiger partial charge is 0.311 e. The van der Waals surface area contributed by atoms with Crippen molar-refractivity contribution in [3.63, 3.8) is 0 Å². The van der Waals surface area contributed by atoms with E-state index in [-0.39, 0.29) is 16.6 Å². The number of esters is 1. The fraction of sp³-hybridized carbons (Fsp3) is 0.333. The third-order valence-corrected chi connectivity index (χ3v) is 3.34. The molecule has 0 amide bonds. The Bertz CT molecular complexity index is 415. The van der Waals surface area contributed by atoms with Crippen LogP contribution in [0.25, 0.3) is 0 Å². The first-order valence-corrected chi connectivity index (χ1v) is 6.02. The number of hydrogen-bond acceptors (Lipinski definition) is 3. The molecule has 16 heavy (non-hydrogen) atoms. The van der Waals surface area contributed by atoms with Gasteiger partial charge >= 0.3 is 5.97 Å². The Morgan fingerprint density at radius 2 is 2.31 bits per heavy atom. The van der Waals surface area contributed by atoms with Gasteiger partial charge < -0.3 is 4.74 Å². The Labute approximate surface area is 113 Å². The number of hydrogen-bond donors (Lipinski definition) is 0. The van der Waals surface area contributed by atoms with E-state index in [0.717, 1.165) is 0 Å². The van der Waals surface area contributed by atoms with Crippen molar-refractivity contribution in [1.29, 1.82) is 0 Å². The molecule has 88 valence electrons. The van der Waals surface area contributed by atoms with E-state index in [1.165, 1.54) is 13.2 Å². The highest BCUT2D eigenvalue weighted by Gasteiger charge is 2.18. The summed E-state index contributed by atoms with van der Waals surface area (Å²) in [5.74, 6) is -0.507. The Morgan fingerprint density at radius 1 is 1.69 bits per heavy atom. The Kier molecular flexibility index (Phi) is 5.03. The van der Waals surface area contributed by atoms with E-state index in [9.17, 15) is 13.6 Å². The highest BCUT2D eigenvalue weighted by molar-refractivity contribution is 14.1. The molecule has 0 aliphatic rings. The summed E-state index contributed by atoms with van der Waals surface area (Å²) in [6.45, 7) is 0. The van der Waals surface area contributed by atoms with Gasteiger partial charge in [-0.2, -0.15) is 0 Å². The van der Waals surface area contributed by atoms with Crippen molar-refractivity contribution >= 4 is 44.5 Å². The van der Waals surface area contributed by atoms with Crippen molar-refractivity contribution in [3.8, 4) is 0 Å². The number of alkyl halides is 2. The van der Waals surface area contributed by atoms with Crippen molar-refractivity contribution < 1.29 is 18.3 Å². The fourth-order valence-corrected chi connectivity index (χ4v) is 2.55. The SMILES string of the molecule is COC(=O)Cc1nc(C(F)F)c(Br)cc1I. The number of rotatable bonds is 3. The molecule has 0 N–H and O–H groups in total. The monoisotopic (exact) mass is 405 g/mol. The van der Waals surface area contributed by atoms with Crippen molar-refractivity contribution in [3.05, 3.63) is 25.5 Å². The zero-order valence-electron chi connectivity index (χ0n) is 8.14. The summed E-state index contributed by atoms with van der Waals surface area (Å²) in [4.78, 5) is 14.8. The molecule has 0 bridgehead atoms. The van der Waals surface area contributed by atoms with Crippen LogP contribution < -0.4 is 0 Å². The molecule has 1 rings (SSSR count). The average Bonchev–Trinajstić information content (AvgIpc) is 2.21. The number of carbonyl (C=O) groups excluding carboxylic acids is 1. The van der Waals surface area contributed by atoms with E-state index in [0.29, 0.717) is 9.26 Å². The van der Waals surface area contributed by atoms with E-state index in [1.807, 2.05) is 22.6 Å². The number of aromatic nitrogens is 1. The van der Waals surface area contributed by atoms with Gasteiger partial charge in [-0.3, -0.25) is 4.79 Å². The normalized spacial score (nSPS) is 10.6. The molecule has 0 spiro atoms. The number of methoxy groups -OCH3 is 1. The van der Waals surface area contributed by atoms with Crippen molar-refractivity contribution in [2.24, 2.45) is 0 Å². The highest BCUT2D eigenvalue weighted by Crippen LogP contribution is 2.28. The Morgan fingerprint density at radius 3 is 2.81 bits per heavy atom. The molecule has 0 unspecified atom stereocenters. The van der Waals surface area contributed by atoms with E-state index in [4.69, 9.17) is 0 Å². The van der Waals surface area contributed by atoms with Gasteiger partial charge in [-0.25, -0.2) is 13.8 Å². The Hall–Kier alpha value is -0.310. The lowest BCUT2D eigenvalue weighted by molar-refractivity contribution is -0.139. The van der Waals surface area contributed by atoms with Crippen LogP contribution in [-0.2, 0) is 16.0 Å². The van der Waals surface area contributed by atoms with Gasteiger partial charge in [-0.15, -0.1) is 0 Å². The molecule has 0 radical (unpaired) electrons. The number of nitrogens with zero attached hydrogens (tertiary/aromatic N) is 1. The van der Waals surface area contributed by atoms with Gasteiger partial charge in [0.2, 0.25) is 0 Å². The van der Waals surface area contributed by atoms with Crippen LogP contribution in [0.15, 0.2) is 10.5 Å². The second-order valence-corrected chi connectivity index (χ2v) is 4.85. The van der Waals surface area contributed by atoms with Crippen LogP contribution in [0.5, 0.6) is 0 Å². The lowest BCUT2D eigenvalue weighted by Gasteiger charge is -2.08. The maximum atomic E-state index is 12.5. The first kappa shape index (κ1) is 13.8. The average molecular weight is 406 g/mol. The maximum absolute atomic E-state index is 12.5. The topological polar surface area (TPSA) is 39.2 Å². The number of halogens is 4. The zero-order valence-corrected chi connectivity index (χ0v) is 11.9. The van der Waals surface area contributed by atoms with Gasteiger partial charge in [0.1, 0.15) is 5.69 Å². The number of carbonyl (C=O) groups is 1. The minimum atomic E-state index is -2.68. The molecule has 0 fully saturated rings. The summed E-state index contributed by atoms with van der Waals surface area (Å²) < 4.78 is 30.4. The van der Waals surface area contributed by atoms with Gasteiger partial charge in [0.15, 0.2) is 0 Å². The van der Waals surface area contributed by atoms with Gasteiger partial charge in [0.05, 0.1) is 19.2 Å². The third kappa shape index (κ3) is 3.34. The van der Waals surface area contributed by atoms with Crippen LogP contribution >= 0.6 is 38.5 Å². The first-order chi connectivity index (χ1) is 7.45. The zero-order chi connectivity index (χ0) is 12.3. The highest BCUT2D eigenvalue weighted by atomic mass is 127. The first-order valence-electron chi connectivity index (χ1n) is 4.15. The predicted octanol–water partition coefficient (Wildman–Crippen LogP) is 3.10. The van der Waals surface area contributed by atoms with E-state index in [2.05, 4.69) is 25.7 Å². The van der Waals surface area contributed by atoms with Crippen LogP contribution in [0.4, 0.5) is 8.78 Å². The minimum absolute atomic E-state index is 0.109. The summed E-state index contributed by atoms with van der Waals surface area (Å²) in [5, 5.41) is 0. The molecule has 7 heteroatoms. The van der Waals surface area contributed by atoms with Crippen LogP contribution in [0.3, 0.4) is 0 Å². The standard InChI is InChI=1S/C9H7BrF2INO2/c1-16-7(15)3-6-5(13)2-4(10)8(14-6)9(11)12/h2,9H,3H2,1H3. The summed E-state index contributed by atoms with van der Waals surface area (Å²) in [6, 6.07) is 1.51. The molecule has 0 saturated carbocycles. The van der Waals surface area contributed by atoms with Crippen LogP contribution in [0, 0.1) is 3.57 Å². The van der Waals surface area contributed by atoms with Gasteiger partial charge in [0.25, 0.3) is 6.43 Å². The lowest BCUT2D eigenvalue weighted by Crippen LogP contribution is -2.09. The quantitative estimate of drug-likeness (QED) is 0.573. The van der Waals surface area contributed by atoms with Crippen molar-refractivity contribution in [2.45, 2.75) is 12.8 Å². The third-order valence-electron chi connectivity index (χ3n) is 1.78. The predicted molar refractivity (Wildman–Crippen MR) is 65.3 cm³/mol. The van der Waals surface area contributed by atoms with E-state index < -0.39 is 12.4 Å². The number of pyridine rings is 1. The molecule has 0 aliphatic heterocycles. The van der Waals surface area contributed by atoms with Crippen LogP contribution in [0.1, 0.15) is 17.8 Å². The van der Waals surface area contributed by atoms with E-state index >= 15 is 0 Å². The van der Waals surface area contributed by atoms with Gasteiger partial charge in [-0.1, -0.05) is 0 Å². The van der Waals surface area contributed by atoms with Crippen molar-refractivity contribution in [2.75, 3.05) is 7.11 Å². The lowest BCUT2D eigenvalue weighted by atomic mass is 10.2. The second kappa shape index (κ2) is 5.85. The molecule has 1 aromatic heterocycles. The van der Waals surface area contributed by atoms with Gasteiger partial charge in [0, 0.05) is 8.04 Å². The fourth-order valence-electron chi connectivity index (χ4n) is 1.01. The largest absolute Gasteiger partial charge is 0.469 e. The van der Waals surface area contributed by atoms with Crippen LogP contribution in [-0.4, -0.2) is 18.1 Å². The maximum Gasteiger partial charge on any atom is 0.311 e.